The lowest BCUT2D eigenvalue weighted by molar-refractivity contribution is 0.418. The van der Waals surface area contributed by atoms with Crippen LogP contribution in [0, 0.1) is 6.92 Å². The number of benzene rings is 1. The van der Waals surface area contributed by atoms with E-state index in [0.29, 0.717) is 31.4 Å². The van der Waals surface area contributed by atoms with Gasteiger partial charge in [0.05, 0.1) is 5.75 Å². The number of rotatable bonds is 6. The van der Waals surface area contributed by atoms with Gasteiger partial charge in [0.2, 0.25) is 10.0 Å². The Bertz CT molecular complexity index is 543. The zero-order chi connectivity index (χ0) is 14.6. The third kappa shape index (κ3) is 4.04. The normalized spacial score (nSPS) is 20.1. The van der Waals surface area contributed by atoms with Crippen LogP contribution in [0.15, 0.2) is 24.3 Å². The van der Waals surface area contributed by atoms with Gasteiger partial charge < -0.3 is 5.32 Å². The Hall–Kier alpha value is -0.910. The summed E-state index contributed by atoms with van der Waals surface area (Å²) in [5.74, 6) is 0.311. The van der Waals surface area contributed by atoms with Gasteiger partial charge in [-0.1, -0.05) is 24.3 Å². The zero-order valence-electron chi connectivity index (χ0n) is 12.3. The van der Waals surface area contributed by atoms with E-state index in [1.165, 1.54) is 11.1 Å². The van der Waals surface area contributed by atoms with Gasteiger partial charge in [-0.3, -0.25) is 0 Å². The van der Waals surface area contributed by atoms with E-state index in [0.717, 1.165) is 12.8 Å². The summed E-state index contributed by atoms with van der Waals surface area (Å²) in [5.41, 5.74) is 2.66. The van der Waals surface area contributed by atoms with E-state index < -0.39 is 10.0 Å². The first-order valence-electron chi connectivity index (χ1n) is 7.25. The molecule has 1 heterocycles. The summed E-state index contributed by atoms with van der Waals surface area (Å²) in [6.45, 7) is 6.24. The predicted octanol–water partition coefficient (Wildman–Crippen LogP) is 1.55. The summed E-state index contributed by atoms with van der Waals surface area (Å²) in [4.78, 5) is 0. The van der Waals surface area contributed by atoms with Gasteiger partial charge in [-0.05, 0) is 37.8 Å². The van der Waals surface area contributed by atoms with Crippen LogP contribution in [0.1, 0.15) is 24.5 Å². The molecule has 1 N–H and O–H groups in total. The van der Waals surface area contributed by atoms with Crippen molar-refractivity contribution in [3.05, 3.63) is 35.4 Å². The summed E-state index contributed by atoms with van der Waals surface area (Å²) in [6.07, 6.45) is 1.74. The van der Waals surface area contributed by atoms with E-state index in [1.54, 1.807) is 4.31 Å². The Morgan fingerprint density at radius 2 is 2.10 bits per heavy atom. The van der Waals surface area contributed by atoms with E-state index in [2.05, 4.69) is 43.4 Å². The SMILES string of the molecule is Cc1ccccc1C[C@@H](C)NCCN1CCCS1(=O)=O. The highest BCUT2D eigenvalue weighted by atomic mass is 32.2. The highest BCUT2D eigenvalue weighted by Gasteiger charge is 2.27. The first-order chi connectivity index (χ1) is 9.49. The number of sulfonamides is 1. The van der Waals surface area contributed by atoms with Crippen LogP contribution in [0.25, 0.3) is 0 Å². The van der Waals surface area contributed by atoms with Gasteiger partial charge in [0.15, 0.2) is 0 Å². The molecule has 1 fully saturated rings. The van der Waals surface area contributed by atoms with Crippen LogP contribution in [0.2, 0.25) is 0 Å². The van der Waals surface area contributed by atoms with Crippen LogP contribution in [-0.2, 0) is 16.4 Å². The topological polar surface area (TPSA) is 49.4 Å². The van der Waals surface area contributed by atoms with Gasteiger partial charge in [0.1, 0.15) is 0 Å². The van der Waals surface area contributed by atoms with Crippen LogP contribution in [0.5, 0.6) is 0 Å². The van der Waals surface area contributed by atoms with E-state index in [4.69, 9.17) is 0 Å². The van der Waals surface area contributed by atoms with E-state index in [-0.39, 0.29) is 0 Å². The molecule has 0 aliphatic carbocycles. The molecule has 1 aromatic rings. The standard InChI is InChI=1S/C15H24N2O2S/c1-13-6-3-4-7-15(13)12-14(2)16-8-10-17-9-5-11-20(17,18)19/h3-4,6-7,14,16H,5,8-12H2,1-2H3/t14-/m1/s1. The van der Waals surface area contributed by atoms with Crippen molar-refractivity contribution in [1.82, 2.24) is 9.62 Å². The summed E-state index contributed by atoms with van der Waals surface area (Å²) in [6, 6.07) is 8.74. The van der Waals surface area contributed by atoms with Crippen molar-refractivity contribution in [2.24, 2.45) is 0 Å². The molecule has 5 heteroatoms. The van der Waals surface area contributed by atoms with Crippen LogP contribution in [-0.4, -0.2) is 44.2 Å². The van der Waals surface area contributed by atoms with Crippen LogP contribution < -0.4 is 5.32 Å². The van der Waals surface area contributed by atoms with Gasteiger partial charge in [-0.2, -0.15) is 0 Å². The molecule has 0 saturated carbocycles. The molecule has 0 amide bonds. The molecule has 4 nitrogen and oxygen atoms in total. The minimum absolute atomic E-state index is 0.311. The molecule has 1 atom stereocenters. The summed E-state index contributed by atoms with van der Waals surface area (Å²) in [7, 11) is -2.96. The quantitative estimate of drug-likeness (QED) is 0.866. The Balaban J connectivity index is 1.76. The third-order valence-electron chi connectivity index (χ3n) is 3.84. The lowest BCUT2D eigenvalue weighted by Crippen LogP contribution is -2.37. The van der Waals surface area contributed by atoms with E-state index >= 15 is 0 Å². The van der Waals surface area contributed by atoms with E-state index in [9.17, 15) is 8.42 Å². The largest absolute Gasteiger partial charge is 0.313 e. The predicted molar refractivity (Wildman–Crippen MR) is 82.3 cm³/mol. The second-order valence-corrected chi connectivity index (χ2v) is 7.64. The smallest absolute Gasteiger partial charge is 0.214 e. The molecule has 0 bridgehead atoms. The van der Waals surface area contributed by atoms with E-state index in [1.807, 2.05) is 0 Å². The van der Waals surface area contributed by atoms with Crippen molar-refractivity contribution in [2.75, 3.05) is 25.4 Å². The minimum Gasteiger partial charge on any atom is -0.313 e. The Kier molecular flexibility index (Phi) is 5.18. The maximum atomic E-state index is 11.7. The van der Waals surface area contributed by atoms with Crippen molar-refractivity contribution in [3.8, 4) is 0 Å². The maximum Gasteiger partial charge on any atom is 0.214 e. The van der Waals surface area contributed by atoms with Crippen LogP contribution in [0.3, 0.4) is 0 Å². The molecule has 1 aromatic carbocycles. The first kappa shape index (κ1) is 15.5. The van der Waals surface area contributed by atoms with Crippen LogP contribution >= 0.6 is 0 Å². The van der Waals surface area contributed by atoms with Gasteiger partial charge in [0, 0.05) is 25.7 Å². The molecule has 1 aliphatic heterocycles. The number of nitrogens with zero attached hydrogens (tertiary/aromatic N) is 1. The molecule has 0 unspecified atom stereocenters. The molecule has 0 radical (unpaired) electrons. The molecule has 0 spiro atoms. The van der Waals surface area contributed by atoms with Crippen molar-refractivity contribution in [1.29, 1.82) is 0 Å². The molecule has 2 rings (SSSR count). The average molecular weight is 296 g/mol. The molecule has 20 heavy (non-hydrogen) atoms. The number of hydrogen-bond donors (Lipinski definition) is 1. The number of nitrogens with one attached hydrogen (secondary N) is 1. The fraction of sp³-hybridized carbons (Fsp3) is 0.600. The van der Waals surface area contributed by atoms with Gasteiger partial charge >= 0.3 is 0 Å². The molecule has 0 aromatic heterocycles. The second-order valence-electron chi connectivity index (χ2n) is 5.55. The lowest BCUT2D eigenvalue weighted by Gasteiger charge is -2.18. The molecule has 112 valence electrons. The molecule has 1 aliphatic rings. The Labute approximate surface area is 122 Å². The third-order valence-corrected chi connectivity index (χ3v) is 5.80. The van der Waals surface area contributed by atoms with Gasteiger partial charge in [-0.25, -0.2) is 12.7 Å². The lowest BCUT2D eigenvalue weighted by atomic mass is 10.0. The van der Waals surface area contributed by atoms with Crippen molar-refractivity contribution in [2.45, 2.75) is 32.7 Å². The average Bonchev–Trinajstić information content (AvgIpc) is 2.72. The van der Waals surface area contributed by atoms with Crippen molar-refractivity contribution in [3.63, 3.8) is 0 Å². The van der Waals surface area contributed by atoms with Gasteiger partial charge in [-0.15, -0.1) is 0 Å². The zero-order valence-corrected chi connectivity index (χ0v) is 13.1. The monoisotopic (exact) mass is 296 g/mol. The fourth-order valence-corrected chi connectivity index (χ4v) is 4.15. The van der Waals surface area contributed by atoms with Crippen molar-refractivity contribution >= 4 is 10.0 Å². The number of hydrogen-bond acceptors (Lipinski definition) is 3. The molecular weight excluding hydrogens is 272 g/mol. The number of aryl methyl sites for hydroxylation is 1. The first-order valence-corrected chi connectivity index (χ1v) is 8.85. The second kappa shape index (κ2) is 6.70. The fourth-order valence-electron chi connectivity index (χ4n) is 2.62. The van der Waals surface area contributed by atoms with Crippen LogP contribution in [0.4, 0.5) is 0 Å². The molecular formula is C15H24N2O2S. The van der Waals surface area contributed by atoms with Gasteiger partial charge in [0.25, 0.3) is 0 Å². The summed E-state index contributed by atoms with van der Waals surface area (Å²) in [5, 5.41) is 3.42. The summed E-state index contributed by atoms with van der Waals surface area (Å²) < 4.78 is 24.9. The maximum absolute atomic E-state index is 11.7. The Morgan fingerprint density at radius 3 is 2.75 bits per heavy atom. The minimum atomic E-state index is -2.96. The summed E-state index contributed by atoms with van der Waals surface area (Å²) >= 11 is 0. The highest BCUT2D eigenvalue weighted by molar-refractivity contribution is 7.89. The Morgan fingerprint density at radius 1 is 1.35 bits per heavy atom. The molecule has 1 saturated heterocycles. The van der Waals surface area contributed by atoms with Crippen molar-refractivity contribution < 1.29 is 8.42 Å². The highest BCUT2D eigenvalue weighted by Crippen LogP contribution is 2.12.